The van der Waals surface area contributed by atoms with Crippen LogP contribution in [0, 0.1) is 0 Å². The summed E-state index contributed by atoms with van der Waals surface area (Å²) in [7, 11) is 3.05. The lowest BCUT2D eigenvalue weighted by Gasteiger charge is -2.31. The summed E-state index contributed by atoms with van der Waals surface area (Å²) in [5.74, 6) is 0.505. The Morgan fingerprint density at radius 2 is 1.86 bits per heavy atom. The molecule has 2 rings (SSSR count). The van der Waals surface area contributed by atoms with Crippen molar-refractivity contribution < 1.29 is 34.0 Å². The number of hydrogen-bond acceptors (Lipinski definition) is 8. The van der Waals surface area contributed by atoms with Crippen LogP contribution in [0.15, 0.2) is 24.3 Å². The van der Waals surface area contributed by atoms with Crippen molar-refractivity contribution in [2.24, 2.45) is 0 Å². The van der Waals surface area contributed by atoms with Crippen LogP contribution >= 0.6 is 0 Å². The van der Waals surface area contributed by atoms with E-state index in [2.05, 4.69) is 10.2 Å². The second-order valence-corrected chi connectivity index (χ2v) is 8.80. The third kappa shape index (κ3) is 10.1. The SMILES string of the molecule is COc1ccccc1CNC(=O)CN1CCCCOC[C@H](O)[C@H](O)[C@@H](OC)CN(C(C)=O)CCC1. The van der Waals surface area contributed by atoms with Gasteiger partial charge in [-0.15, -0.1) is 0 Å². The van der Waals surface area contributed by atoms with Crippen molar-refractivity contribution in [1.29, 1.82) is 0 Å². The third-order valence-corrected chi connectivity index (χ3v) is 6.16. The van der Waals surface area contributed by atoms with Gasteiger partial charge in [-0.1, -0.05) is 18.2 Å². The molecule has 1 fully saturated rings. The highest BCUT2D eigenvalue weighted by atomic mass is 16.5. The van der Waals surface area contributed by atoms with Crippen LogP contribution in [0.2, 0.25) is 0 Å². The molecule has 3 atom stereocenters. The molecule has 35 heavy (non-hydrogen) atoms. The molecule has 1 aromatic rings. The van der Waals surface area contributed by atoms with Gasteiger partial charge in [0.05, 0.1) is 20.3 Å². The van der Waals surface area contributed by atoms with Crippen LogP contribution in [0.5, 0.6) is 5.75 Å². The lowest BCUT2D eigenvalue weighted by Crippen LogP contribution is -2.48. The van der Waals surface area contributed by atoms with Gasteiger partial charge in [-0.05, 0) is 31.9 Å². The molecule has 1 heterocycles. The fourth-order valence-electron chi connectivity index (χ4n) is 4.06. The maximum absolute atomic E-state index is 12.7. The Morgan fingerprint density at radius 1 is 1.11 bits per heavy atom. The number of amides is 2. The molecule has 0 saturated carbocycles. The fourth-order valence-corrected chi connectivity index (χ4v) is 4.06. The molecule has 1 aliphatic heterocycles. The Balaban J connectivity index is 1.98. The van der Waals surface area contributed by atoms with E-state index in [0.717, 1.165) is 24.2 Å². The van der Waals surface area contributed by atoms with Gasteiger partial charge in [0.25, 0.3) is 0 Å². The van der Waals surface area contributed by atoms with Crippen molar-refractivity contribution >= 4 is 11.8 Å². The van der Waals surface area contributed by atoms with E-state index in [0.29, 0.717) is 39.2 Å². The molecule has 10 heteroatoms. The Morgan fingerprint density at radius 3 is 2.57 bits per heavy atom. The van der Waals surface area contributed by atoms with E-state index in [-0.39, 0.29) is 31.5 Å². The summed E-state index contributed by atoms with van der Waals surface area (Å²) >= 11 is 0. The molecule has 198 valence electrons. The van der Waals surface area contributed by atoms with E-state index in [1.54, 1.807) is 12.0 Å². The van der Waals surface area contributed by atoms with Gasteiger partial charge in [-0.2, -0.15) is 0 Å². The zero-order valence-electron chi connectivity index (χ0n) is 21.1. The first kappa shape index (κ1) is 29.0. The number of aliphatic hydroxyl groups is 2. The van der Waals surface area contributed by atoms with Crippen LogP contribution in [0.3, 0.4) is 0 Å². The Hall–Kier alpha value is -2.24. The minimum absolute atomic E-state index is 0.0177. The summed E-state index contributed by atoms with van der Waals surface area (Å²) in [6, 6.07) is 7.57. The number of methoxy groups -OCH3 is 2. The topological polar surface area (TPSA) is 121 Å². The first-order valence-corrected chi connectivity index (χ1v) is 12.2. The zero-order chi connectivity index (χ0) is 25.6. The van der Waals surface area contributed by atoms with Crippen molar-refractivity contribution in [3.8, 4) is 5.75 Å². The van der Waals surface area contributed by atoms with E-state index in [4.69, 9.17) is 14.2 Å². The predicted octanol–water partition coefficient (Wildman–Crippen LogP) is 0.399. The second kappa shape index (κ2) is 15.7. The summed E-state index contributed by atoms with van der Waals surface area (Å²) in [6.07, 6.45) is -0.784. The number of nitrogens with one attached hydrogen (secondary N) is 1. The summed E-state index contributed by atoms with van der Waals surface area (Å²) in [5, 5.41) is 23.7. The summed E-state index contributed by atoms with van der Waals surface area (Å²) in [5.41, 5.74) is 0.909. The van der Waals surface area contributed by atoms with Gasteiger partial charge < -0.3 is 34.6 Å². The molecule has 10 nitrogen and oxygen atoms in total. The van der Waals surface area contributed by atoms with E-state index in [1.165, 1.54) is 14.0 Å². The summed E-state index contributed by atoms with van der Waals surface area (Å²) in [4.78, 5) is 28.5. The van der Waals surface area contributed by atoms with Crippen LogP contribution in [0.1, 0.15) is 31.7 Å². The lowest BCUT2D eigenvalue weighted by molar-refractivity contribution is -0.136. The second-order valence-electron chi connectivity index (χ2n) is 8.80. The molecule has 2 amide bonds. The smallest absolute Gasteiger partial charge is 0.234 e. The molecule has 1 saturated heterocycles. The average Bonchev–Trinajstić information content (AvgIpc) is 2.85. The Kier molecular flexibility index (Phi) is 13.0. The van der Waals surface area contributed by atoms with Crippen molar-refractivity contribution in [3.05, 3.63) is 29.8 Å². The minimum Gasteiger partial charge on any atom is -0.496 e. The van der Waals surface area contributed by atoms with E-state index in [9.17, 15) is 19.8 Å². The molecule has 0 aromatic heterocycles. The number of rotatable bonds is 6. The third-order valence-electron chi connectivity index (χ3n) is 6.16. The largest absolute Gasteiger partial charge is 0.496 e. The summed E-state index contributed by atoms with van der Waals surface area (Å²) in [6.45, 7) is 4.46. The summed E-state index contributed by atoms with van der Waals surface area (Å²) < 4.78 is 16.2. The van der Waals surface area contributed by atoms with Crippen LogP contribution in [-0.4, -0.2) is 110 Å². The lowest BCUT2D eigenvalue weighted by atomic mass is 10.1. The van der Waals surface area contributed by atoms with Crippen molar-refractivity contribution in [3.63, 3.8) is 0 Å². The molecule has 0 radical (unpaired) electrons. The van der Waals surface area contributed by atoms with Gasteiger partial charge in [-0.25, -0.2) is 0 Å². The maximum Gasteiger partial charge on any atom is 0.234 e. The van der Waals surface area contributed by atoms with Gasteiger partial charge in [0.2, 0.25) is 11.8 Å². The molecule has 0 spiro atoms. The van der Waals surface area contributed by atoms with Crippen molar-refractivity contribution in [2.45, 2.75) is 51.0 Å². The molecule has 1 aromatic carbocycles. The van der Waals surface area contributed by atoms with Gasteiger partial charge in [0, 0.05) is 52.4 Å². The normalized spacial score (nSPS) is 23.7. The molecule has 0 unspecified atom stereocenters. The predicted molar refractivity (Wildman–Crippen MR) is 131 cm³/mol. The molecule has 0 aliphatic carbocycles. The number of ether oxygens (including phenoxy) is 3. The number of hydrogen-bond donors (Lipinski definition) is 3. The van der Waals surface area contributed by atoms with Gasteiger partial charge in [0.1, 0.15) is 24.1 Å². The van der Waals surface area contributed by atoms with E-state index >= 15 is 0 Å². The fraction of sp³-hybridized carbons (Fsp3) is 0.680. The molecular formula is C25H41N3O7. The minimum atomic E-state index is -1.17. The highest BCUT2D eigenvalue weighted by molar-refractivity contribution is 5.78. The molecule has 0 bridgehead atoms. The van der Waals surface area contributed by atoms with Crippen LogP contribution in [-0.2, 0) is 25.6 Å². The van der Waals surface area contributed by atoms with E-state index < -0.39 is 18.3 Å². The molecule has 3 N–H and O–H groups in total. The average molecular weight is 496 g/mol. The molecular weight excluding hydrogens is 454 g/mol. The standard InChI is InChI=1S/C25H41N3O7/c1-19(29)28-13-8-12-27(17-24(31)26-15-20-9-4-5-10-22(20)33-2)11-6-7-14-35-18-21(30)25(32)23(16-28)34-3/h4-5,9-10,21,23,25,30,32H,6-8,11-18H2,1-3H3,(H,26,31)/t21-,23-,25-/m0/s1. The van der Waals surface area contributed by atoms with Gasteiger partial charge in [0.15, 0.2) is 0 Å². The molecule has 1 aliphatic rings. The number of benzene rings is 1. The Labute approximate surface area is 208 Å². The number of nitrogens with zero attached hydrogens (tertiary/aromatic N) is 2. The quantitative estimate of drug-likeness (QED) is 0.519. The number of carbonyl (C=O) groups excluding carboxylic acids is 2. The van der Waals surface area contributed by atoms with Crippen LogP contribution in [0.4, 0.5) is 0 Å². The van der Waals surface area contributed by atoms with Crippen molar-refractivity contribution in [1.82, 2.24) is 15.1 Å². The van der Waals surface area contributed by atoms with Gasteiger partial charge in [-0.3, -0.25) is 14.5 Å². The maximum atomic E-state index is 12.7. The van der Waals surface area contributed by atoms with E-state index in [1.807, 2.05) is 24.3 Å². The number of carbonyl (C=O) groups is 2. The van der Waals surface area contributed by atoms with Crippen LogP contribution < -0.4 is 10.1 Å². The zero-order valence-corrected chi connectivity index (χ0v) is 21.1. The first-order chi connectivity index (χ1) is 16.8. The Bertz CT molecular complexity index is 779. The van der Waals surface area contributed by atoms with Crippen LogP contribution in [0.25, 0.3) is 0 Å². The van der Waals surface area contributed by atoms with Crippen molar-refractivity contribution in [2.75, 3.05) is 60.2 Å². The van der Waals surface area contributed by atoms with Gasteiger partial charge >= 0.3 is 0 Å². The monoisotopic (exact) mass is 495 g/mol. The highest BCUT2D eigenvalue weighted by Crippen LogP contribution is 2.16. The number of aliphatic hydroxyl groups excluding tert-OH is 2. The number of para-hydroxylation sites is 1. The highest BCUT2D eigenvalue weighted by Gasteiger charge is 2.29. The first-order valence-electron chi connectivity index (χ1n) is 12.2.